The third kappa shape index (κ3) is 2.01. The molecular formula is C16H16N4O. The van der Waals surface area contributed by atoms with Crippen LogP contribution < -0.4 is 4.90 Å². The van der Waals surface area contributed by atoms with Crippen molar-refractivity contribution in [2.75, 3.05) is 18.0 Å². The summed E-state index contributed by atoms with van der Waals surface area (Å²) >= 11 is 0. The Labute approximate surface area is 122 Å². The first-order chi connectivity index (χ1) is 10.3. The third-order valence-electron chi connectivity index (χ3n) is 3.98. The summed E-state index contributed by atoms with van der Waals surface area (Å²) in [6.45, 7) is 2.10. The lowest BCUT2D eigenvalue weighted by Crippen LogP contribution is -2.19. The molecule has 0 bridgehead atoms. The molecule has 5 heteroatoms. The Kier molecular flexibility index (Phi) is 2.77. The molecule has 3 aromatic rings. The van der Waals surface area contributed by atoms with Crippen LogP contribution in [0.2, 0.25) is 0 Å². The Morgan fingerprint density at radius 3 is 2.52 bits per heavy atom. The van der Waals surface area contributed by atoms with Gasteiger partial charge in [-0.1, -0.05) is 0 Å². The molecule has 1 N–H and O–H groups in total. The molecule has 21 heavy (non-hydrogen) atoms. The highest BCUT2D eigenvalue weighted by Crippen LogP contribution is 2.27. The summed E-state index contributed by atoms with van der Waals surface area (Å²) < 4.78 is 2.06. The second-order valence-corrected chi connectivity index (χ2v) is 5.33. The minimum atomic E-state index is 0.270. The van der Waals surface area contributed by atoms with Crippen LogP contribution in [0.4, 0.5) is 5.82 Å². The van der Waals surface area contributed by atoms with Crippen molar-refractivity contribution in [3.8, 4) is 17.0 Å². The third-order valence-corrected chi connectivity index (χ3v) is 3.98. The summed E-state index contributed by atoms with van der Waals surface area (Å²) in [5.41, 5.74) is 2.93. The summed E-state index contributed by atoms with van der Waals surface area (Å²) in [4.78, 5) is 11.4. The van der Waals surface area contributed by atoms with E-state index in [0.717, 1.165) is 35.8 Å². The van der Waals surface area contributed by atoms with Crippen molar-refractivity contribution < 1.29 is 5.11 Å². The molecule has 1 saturated heterocycles. The molecule has 0 radical (unpaired) electrons. The highest BCUT2D eigenvalue weighted by Gasteiger charge is 2.18. The standard InChI is InChI=1S/C16H16N4O/c21-13-5-3-12(4-6-13)14-11-18-16-15(17-7-10-20(14)16)19-8-1-2-9-19/h3-7,10-11,21H,1-2,8-9H2. The van der Waals surface area contributed by atoms with E-state index in [1.165, 1.54) is 12.8 Å². The van der Waals surface area contributed by atoms with Crippen LogP contribution in [-0.2, 0) is 0 Å². The number of benzene rings is 1. The number of aromatic nitrogens is 3. The van der Waals surface area contributed by atoms with Crippen LogP contribution in [0.3, 0.4) is 0 Å². The average Bonchev–Trinajstić information content (AvgIpc) is 3.17. The molecule has 0 spiro atoms. The van der Waals surface area contributed by atoms with Gasteiger partial charge in [0.05, 0.1) is 11.9 Å². The van der Waals surface area contributed by atoms with Gasteiger partial charge in [0.1, 0.15) is 5.75 Å². The van der Waals surface area contributed by atoms with E-state index in [-0.39, 0.29) is 5.75 Å². The molecule has 1 fully saturated rings. The van der Waals surface area contributed by atoms with E-state index in [0.29, 0.717) is 0 Å². The van der Waals surface area contributed by atoms with Gasteiger partial charge < -0.3 is 10.0 Å². The lowest BCUT2D eigenvalue weighted by Gasteiger charge is -2.16. The van der Waals surface area contributed by atoms with Crippen LogP contribution in [-0.4, -0.2) is 32.6 Å². The molecular weight excluding hydrogens is 264 g/mol. The van der Waals surface area contributed by atoms with Crippen molar-refractivity contribution in [1.82, 2.24) is 14.4 Å². The summed E-state index contributed by atoms with van der Waals surface area (Å²) in [5, 5.41) is 9.42. The van der Waals surface area contributed by atoms with Crippen LogP contribution in [0.25, 0.3) is 16.9 Å². The zero-order valence-corrected chi connectivity index (χ0v) is 11.6. The van der Waals surface area contributed by atoms with Gasteiger partial charge in [-0.25, -0.2) is 9.97 Å². The van der Waals surface area contributed by atoms with E-state index in [1.54, 1.807) is 12.1 Å². The summed E-state index contributed by atoms with van der Waals surface area (Å²) in [7, 11) is 0. The zero-order chi connectivity index (χ0) is 14.2. The highest BCUT2D eigenvalue weighted by atomic mass is 16.3. The molecule has 106 valence electrons. The van der Waals surface area contributed by atoms with Gasteiger partial charge in [-0.05, 0) is 37.1 Å². The van der Waals surface area contributed by atoms with Crippen molar-refractivity contribution in [3.63, 3.8) is 0 Å². The number of rotatable bonds is 2. The fourth-order valence-electron chi connectivity index (χ4n) is 2.90. The fraction of sp³-hybridized carbons (Fsp3) is 0.250. The van der Waals surface area contributed by atoms with Gasteiger partial charge in [0, 0.05) is 31.0 Å². The molecule has 1 aliphatic heterocycles. The monoisotopic (exact) mass is 280 g/mol. The summed E-state index contributed by atoms with van der Waals surface area (Å²) in [5.74, 6) is 1.23. The molecule has 1 aromatic carbocycles. The van der Waals surface area contributed by atoms with Gasteiger partial charge in [0.15, 0.2) is 11.5 Å². The first-order valence-corrected chi connectivity index (χ1v) is 7.19. The summed E-state index contributed by atoms with van der Waals surface area (Å²) in [6.07, 6.45) is 8.06. The number of hydrogen-bond acceptors (Lipinski definition) is 4. The van der Waals surface area contributed by atoms with Crippen LogP contribution in [0.15, 0.2) is 42.9 Å². The van der Waals surface area contributed by atoms with Crippen LogP contribution in [0.1, 0.15) is 12.8 Å². The topological polar surface area (TPSA) is 53.7 Å². The lowest BCUT2D eigenvalue weighted by molar-refractivity contribution is 0.475. The van der Waals surface area contributed by atoms with Crippen molar-refractivity contribution in [2.45, 2.75) is 12.8 Å². The van der Waals surface area contributed by atoms with Crippen molar-refractivity contribution >= 4 is 11.5 Å². The minimum absolute atomic E-state index is 0.270. The first kappa shape index (κ1) is 12.2. The average molecular weight is 280 g/mol. The van der Waals surface area contributed by atoms with Crippen LogP contribution in [0.5, 0.6) is 5.75 Å². The van der Waals surface area contributed by atoms with E-state index >= 15 is 0 Å². The number of aromatic hydroxyl groups is 1. The number of phenolic OH excluding ortho intramolecular Hbond substituents is 1. The largest absolute Gasteiger partial charge is 0.508 e. The maximum absolute atomic E-state index is 9.42. The number of fused-ring (bicyclic) bond motifs is 1. The Morgan fingerprint density at radius 1 is 1.00 bits per heavy atom. The molecule has 1 aliphatic rings. The second-order valence-electron chi connectivity index (χ2n) is 5.33. The van der Waals surface area contributed by atoms with Crippen LogP contribution in [0, 0.1) is 0 Å². The van der Waals surface area contributed by atoms with Gasteiger partial charge in [-0.15, -0.1) is 0 Å². The molecule has 0 aliphatic carbocycles. The minimum Gasteiger partial charge on any atom is -0.508 e. The second kappa shape index (κ2) is 4.77. The van der Waals surface area contributed by atoms with E-state index in [9.17, 15) is 5.11 Å². The summed E-state index contributed by atoms with van der Waals surface area (Å²) in [6, 6.07) is 7.18. The molecule has 0 unspecified atom stereocenters. The van der Waals surface area contributed by atoms with Crippen molar-refractivity contribution in [2.24, 2.45) is 0 Å². The van der Waals surface area contributed by atoms with Gasteiger partial charge >= 0.3 is 0 Å². The van der Waals surface area contributed by atoms with E-state index in [1.807, 2.05) is 30.7 Å². The maximum Gasteiger partial charge on any atom is 0.180 e. The number of imidazole rings is 1. The van der Waals surface area contributed by atoms with Gasteiger partial charge in [0.25, 0.3) is 0 Å². The number of anilines is 1. The Morgan fingerprint density at radius 2 is 1.76 bits per heavy atom. The zero-order valence-electron chi connectivity index (χ0n) is 11.6. The first-order valence-electron chi connectivity index (χ1n) is 7.19. The predicted octanol–water partition coefficient (Wildman–Crippen LogP) is 2.70. The maximum atomic E-state index is 9.42. The van der Waals surface area contributed by atoms with Crippen molar-refractivity contribution in [1.29, 1.82) is 0 Å². The lowest BCUT2D eigenvalue weighted by atomic mass is 10.1. The molecule has 0 atom stereocenters. The van der Waals surface area contributed by atoms with E-state index in [4.69, 9.17) is 0 Å². The van der Waals surface area contributed by atoms with Gasteiger partial charge in [-0.2, -0.15) is 0 Å². The molecule has 2 aromatic heterocycles. The van der Waals surface area contributed by atoms with Gasteiger partial charge in [-0.3, -0.25) is 4.40 Å². The number of phenols is 1. The SMILES string of the molecule is Oc1ccc(-c2cnc3c(N4CCCC4)nccn23)cc1. The normalized spacial score (nSPS) is 15.0. The molecule has 0 amide bonds. The van der Waals surface area contributed by atoms with E-state index in [2.05, 4.69) is 19.3 Å². The number of hydrogen-bond donors (Lipinski definition) is 1. The molecule has 4 rings (SSSR count). The predicted molar refractivity (Wildman–Crippen MR) is 81.5 cm³/mol. The molecule has 0 saturated carbocycles. The number of nitrogens with zero attached hydrogens (tertiary/aromatic N) is 4. The van der Waals surface area contributed by atoms with Crippen LogP contribution >= 0.6 is 0 Å². The Hall–Kier alpha value is -2.56. The van der Waals surface area contributed by atoms with Crippen molar-refractivity contribution in [3.05, 3.63) is 42.9 Å². The quantitative estimate of drug-likeness (QED) is 0.784. The molecule has 3 heterocycles. The van der Waals surface area contributed by atoms with Gasteiger partial charge in [0.2, 0.25) is 0 Å². The highest BCUT2D eigenvalue weighted by molar-refractivity contribution is 5.71. The Balaban J connectivity index is 1.85. The Bertz CT molecular complexity index is 773. The smallest absolute Gasteiger partial charge is 0.180 e. The van der Waals surface area contributed by atoms with E-state index < -0.39 is 0 Å². The molecule has 5 nitrogen and oxygen atoms in total. The fourth-order valence-corrected chi connectivity index (χ4v) is 2.90.